The summed E-state index contributed by atoms with van der Waals surface area (Å²) in [7, 11) is 0. The number of rotatable bonds is 5. The molecule has 0 unspecified atom stereocenters. The van der Waals surface area contributed by atoms with Crippen molar-refractivity contribution in [2.45, 2.75) is 20.8 Å². The molecule has 0 aliphatic rings. The van der Waals surface area contributed by atoms with E-state index in [0.717, 1.165) is 33.8 Å². The lowest BCUT2D eigenvalue weighted by Gasteiger charge is -2.13. The Bertz CT molecular complexity index is 1710. The summed E-state index contributed by atoms with van der Waals surface area (Å²) in [5.41, 5.74) is 5.88. The van der Waals surface area contributed by atoms with Gasteiger partial charge in [-0.25, -0.2) is 9.78 Å². The van der Waals surface area contributed by atoms with Gasteiger partial charge >= 0.3 is 5.97 Å². The number of hydrogen-bond donors (Lipinski definition) is 1. The minimum atomic E-state index is -0.956. The van der Waals surface area contributed by atoms with E-state index >= 15 is 0 Å². The van der Waals surface area contributed by atoms with Crippen LogP contribution in [0.4, 0.5) is 0 Å². The Kier molecular flexibility index (Phi) is 5.82. The van der Waals surface area contributed by atoms with Gasteiger partial charge in [0, 0.05) is 28.2 Å². The molecule has 0 saturated heterocycles. The Morgan fingerprint density at radius 3 is 2.39 bits per heavy atom. The van der Waals surface area contributed by atoms with Crippen LogP contribution in [-0.2, 0) is 0 Å². The minimum Gasteiger partial charge on any atom is -0.478 e. The number of aromatic carboxylic acids is 1. The average molecular weight is 477 g/mol. The number of nitrogens with zero attached hydrogens (tertiary/aromatic N) is 4. The number of aromatic nitrogens is 3. The second kappa shape index (κ2) is 9.11. The third-order valence-corrected chi connectivity index (χ3v) is 6.25. The number of fused-ring (bicyclic) bond motifs is 1. The first-order chi connectivity index (χ1) is 17.3. The van der Waals surface area contributed by atoms with Gasteiger partial charge in [-0.1, -0.05) is 42.5 Å². The van der Waals surface area contributed by atoms with Crippen LogP contribution in [-0.4, -0.2) is 31.5 Å². The van der Waals surface area contributed by atoms with Crippen LogP contribution in [0.2, 0.25) is 0 Å². The van der Waals surface area contributed by atoms with Crippen LogP contribution < -0.4 is 5.56 Å². The van der Waals surface area contributed by atoms with Crippen molar-refractivity contribution in [3.05, 3.63) is 117 Å². The highest BCUT2D eigenvalue weighted by atomic mass is 16.4. The van der Waals surface area contributed by atoms with Gasteiger partial charge in [0.2, 0.25) is 0 Å². The lowest BCUT2D eigenvalue weighted by molar-refractivity contribution is 0.0697. The second-order valence-electron chi connectivity index (χ2n) is 8.65. The van der Waals surface area contributed by atoms with Crippen molar-refractivity contribution in [1.82, 2.24) is 14.2 Å². The van der Waals surface area contributed by atoms with Gasteiger partial charge in [-0.15, -0.1) is 0 Å². The monoisotopic (exact) mass is 476 g/mol. The SMILES string of the molecule is Cc1cc(C(=O)O)ccc1-n1c(C)cc(C=Nn2c(-c3ccccc3)nc3ccccc3c2=O)c1C. The molecule has 3 aromatic carbocycles. The van der Waals surface area contributed by atoms with Gasteiger partial charge in [-0.2, -0.15) is 9.78 Å². The number of benzene rings is 3. The van der Waals surface area contributed by atoms with E-state index in [-0.39, 0.29) is 11.1 Å². The van der Waals surface area contributed by atoms with Gasteiger partial charge in [0.25, 0.3) is 5.56 Å². The fourth-order valence-electron chi connectivity index (χ4n) is 4.45. The average Bonchev–Trinajstić information content (AvgIpc) is 3.16. The van der Waals surface area contributed by atoms with E-state index in [0.29, 0.717) is 16.7 Å². The Hall–Kier alpha value is -4.78. The zero-order valence-electron chi connectivity index (χ0n) is 20.1. The summed E-state index contributed by atoms with van der Waals surface area (Å²) >= 11 is 0. The van der Waals surface area contributed by atoms with Crippen LogP contribution in [0.25, 0.3) is 28.0 Å². The van der Waals surface area contributed by atoms with Gasteiger partial charge < -0.3 is 9.67 Å². The predicted octanol–water partition coefficient (Wildman–Crippen LogP) is 5.36. The molecule has 5 rings (SSSR count). The van der Waals surface area contributed by atoms with Crippen molar-refractivity contribution in [3.8, 4) is 17.1 Å². The number of para-hydroxylation sites is 1. The molecule has 2 heterocycles. The van der Waals surface area contributed by atoms with Crippen LogP contribution in [0.3, 0.4) is 0 Å². The number of carbonyl (C=O) groups is 1. The normalized spacial score (nSPS) is 11.4. The first kappa shape index (κ1) is 23.0. The molecule has 0 aliphatic carbocycles. The Balaban J connectivity index is 1.63. The molecule has 0 bridgehead atoms. The Labute approximate surface area is 207 Å². The van der Waals surface area contributed by atoms with Crippen molar-refractivity contribution in [2.75, 3.05) is 0 Å². The molecule has 7 nitrogen and oxygen atoms in total. The highest BCUT2D eigenvalue weighted by Crippen LogP contribution is 2.24. The van der Waals surface area contributed by atoms with Crippen molar-refractivity contribution in [3.63, 3.8) is 0 Å². The topological polar surface area (TPSA) is 89.5 Å². The quantitative estimate of drug-likeness (QED) is 0.346. The van der Waals surface area contributed by atoms with Crippen molar-refractivity contribution in [2.24, 2.45) is 5.10 Å². The van der Waals surface area contributed by atoms with E-state index < -0.39 is 5.97 Å². The van der Waals surface area contributed by atoms with E-state index in [1.807, 2.05) is 81.4 Å². The Morgan fingerprint density at radius 1 is 0.944 bits per heavy atom. The van der Waals surface area contributed by atoms with Crippen LogP contribution in [0.15, 0.2) is 88.8 Å². The number of carboxylic acids is 1. The Morgan fingerprint density at radius 2 is 1.67 bits per heavy atom. The summed E-state index contributed by atoms with van der Waals surface area (Å²) in [5.74, 6) is -0.494. The molecule has 0 atom stereocenters. The lowest BCUT2D eigenvalue weighted by atomic mass is 10.1. The predicted molar refractivity (Wildman–Crippen MR) is 141 cm³/mol. The zero-order chi connectivity index (χ0) is 25.4. The van der Waals surface area contributed by atoms with Gasteiger partial charge in [0.15, 0.2) is 5.82 Å². The molecule has 0 aliphatic heterocycles. The minimum absolute atomic E-state index is 0.246. The molecule has 2 aromatic heterocycles. The molecule has 1 N–H and O–H groups in total. The molecule has 0 saturated carbocycles. The van der Waals surface area contributed by atoms with Crippen molar-refractivity contribution in [1.29, 1.82) is 0 Å². The third-order valence-electron chi connectivity index (χ3n) is 6.25. The van der Waals surface area contributed by atoms with Crippen LogP contribution in [0.1, 0.15) is 32.9 Å². The summed E-state index contributed by atoms with van der Waals surface area (Å²) in [6.45, 7) is 5.84. The van der Waals surface area contributed by atoms with Gasteiger partial charge in [-0.3, -0.25) is 4.79 Å². The van der Waals surface area contributed by atoms with Crippen molar-refractivity contribution < 1.29 is 9.90 Å². The summed E-state index contributed by atoms with van der Waals surface area (Å²) in [6.07, 6.45) is 1.67. The molecule has 5 aromatic rings. The summed E-state index contributed by atoms with van der Waals surface area (Å²) < 4.78 is 3.40. The first-order valence-electron chi connectivity index (χ1n) is 11.5. The smallest absolute Gasteiger partial charge is 0.335 e. The number of aryl methyl sites for hydroxylation is 2. The fourth-order valence-corrected chi connectivity index (χ4v) is 4.45. The van der Waals surface area contributed by atoms with Crippen molar-refractivity contribution >= 4 is 23.1 Å². The zero-order valence-corrected chi connectivity index (χ0v) is 20.1. The maximum atomic E-state index is 13.4. The van der Waals surface area contributed by atoms with Crippen LogP contribution >= 0.6 is 0 Å². The van der Waals surface area contributed by atoms with E-state index in [9.17, 15) is 14.7 Å². The van der Waals surface area contributed by atoms with Gasteiger partial charge in [-0.05, 0) is 62.7 Å². The maximum Gasteiger partial charge on any atom is 0.335 e. The van der Waals surface area contributed by atoms with E-state index in [1.165, 1.54) is 4.68 Å². The molecule has 7 heteroatoms. The molecular formula is C29H24N4O3. The second-order valence-corrected chi connectivity index (χ2v) is 8.65. The number of hydrogen-bond acceptors (Lipinski definition) is 4. The van der Waals surface area contributed by atoms with Crippen LogP contribution in [0.5, 0.6) is 0 Å². The molecule has 178 valence electrons. The highest BCUT2D eigenvalue weighted by molar-refractivity contribution is 5.88. The summed E-state index contributed by atoms with van der Waals surface area (Å²) in [4.78, 5) is 29.5. The van der Waals surface area contributed by atoms with Gasteiger partial charge in [0.05, 0.1) is 22.7 Å². The van der Waals surface area contributed by atoms with E-state index in [1.54, 1.807) is 24.4 Å². The van der Waals surface area contributed by atoms with E-state index in [4.69, 9.17) is 4.98 Å². The molecule has 0 amide bonds. The maximum absolute atomic E-state index is 13.4. The largest absolute Gasteiger partial charge is 0.478 e. The first-order valence-corrected chi connectivity index (χ1v) is 11.5. The van der Waals surface area contributed by atoms with Gasteiger partial charge in [0.1, 0.15) is 0 Å². The molecular weight excluding hydrogens is 452 g/mol. The molecule has 0 fully saturated rings. The molecule has 0 radical (unpaired) electrons. The standard InChI is InChI=1S/C29H24N4O3/c1-18-15-22(29(35)36)13-14-26(18)32-19(2)16-23(20(32)3)17-30-33-27(21-9-5-4-6-10-21)31-25-12-8-7-11-24(25)28(33)34/h4-17H,1-3H3,(H,35,36). The lowest BCUT2D eigenvalue weighted by Crippen LogP contribution is -2.20. The summed E-state index contributed by atoms with van der Waals surface area (Å²) in [6, 6.07) is 23.8. The highest BCUT2D eigenvalue weighted by Gasteiger charge is 2.15. The van der Waals surface area contributed by atoms with Crippen LogP contribution in [0, 0.1) is 20.8 Å². The third kappa shape index (κ3) is 4.01. The number of carboxylic acid groups (broad SMARTS) is 1. The molecule has 0 spiro atoms. The molecule has 36 heavy (non-hydrogen) atoms. The fraction of sp³-hybridized carbons (Fsp3) is 0.103. The van der Waals surface area contributed by atoms with E-state index in [2.05, 4.69) is 9.67 Å². The summed E-state index contributed by atoms with van der Waals surface area (Å²) in [5, 5.41) is 14.4.